The van der Waals surface area contributed by atoms with Crippen molar-refractivity contribution in [2.45, 2.75) is 20.3 Å². The molecule has 1 aromatic heterocycles. The largest absolute Gasteiger partial charge is 0.379 e. The normalized spacial score (nSPS) is 16.1. The fraction of sp³-hybridized carbons (Fsp3) is 0.786. The molecule has 1 aromatic rings. The lowest BCUT2D eigenvalue weighted by Gasteiger charge is -2.26. The molecule has 0 unspecified atom stereocenters. The minimum absolute atomic E-state index is 0.590. The van der Waals surface area contributed by atoms with Crippen LogP contribution in [0.3, 0.4) is 0 Å². The molecule has 2 rings (SSSR count). The summed E-state index contributed by atoms with van der Waals surface area (Å²) in [6, 6.07) is 0. The predicted octanol–water partition coefficient (Wildman–Crippen LogP) is 1.07. The lowest BCUT2D eigenvalue weighted by molar-refractivity contribution is 0.0398. The van der Waals surface area contributed by atoms with Crippen LogP contribution in [0.25, 0.3) is 0 Å². The zero-order valence-electron chi connectivity index (χ0n) is 13.0. The van der Waals surface area contributed by atoms with Crippen LogP contribution in [0.4, 0.5) is 11.8 Å². The maximum absolute atomic E-state index is 5.33. The number of hydrogen-bond donors (Lipinski definition) is 2. The second-order valence-electron chi connectivity index (χ2n) is 5.66. The molecule has 1 saturated heterocycles. The van der Waals surface area contributed by atoms with Crippen LogP contribution in [-0.4, -0.2) is 66.0 Å². The number of nitrogens with one attached hydrogen (secondary N) is 2. The molecule has 0 spiro atoms. The quantitative estimate of drug-likeness (QED) is 0.743. The van der Waals surface area contributed by atoms with Gasteiger partial charge in [-0.25, -0.2) is 0 Å². The van der Waals surface area contributed by atoms with Crippen LogP contribution in [0.1, 0.15) is 20.3 Å². The molecule has 7 heteroatoms. The van der Waals surface area contributed by atoms with Crippen molar-refractivity contribution in [3.05, 3.63) is 6.20 Å². The third-order valence-corrected chi connectivity index (χ3v) is 3.40. The molecule has 21 heavy (non-hydrogen) atoms. The van der Waals surface area contributed by atoms with Crippen molar-refractivity contribution in [1.29, 1.82) is 0 Å². The maximum Gasteiger partial charge on any atom is 0.244 e. The monoisotopic (exact) mass is 294 g/mol. The van der Waals surface area contributed by atoms with Gasteiger partial charge in [0.1, 0.15) is 0 Å². The van der Waals surface area contributed by atoms with Gasteiger partial charge in [-0.2, -0.15) is 10.1 Å². The van der Waals surface area contributed by atoms with Crippen LogP contribution < -0.4 is 10.6 Å². The SMILES string of the molecule is CC(C)CCNc1nncc(NCCN2CCOCC2)n1. The highest BCUT2D eigenvalue weighted by Crippen LogP contribution is 2.05. The van der Waals surface area contributed by atoms with E-state index in [-0.39, 0.29) is 0 Å². The summed E-state index contributed by atoms with van der Waals surface area (Å²) in [7, 11) is 0. The van der Waals surface area contributed by atoms with Gasteiger partial charge >= 0.3 is 0 Å². The molecule has 0 saturated carbocycles. The average Bonchev–Trinajstić information content (AvgIpc) is 2.48. The Kier molecular flexibility index (Phi) is 6.62. The van der Waals surface area contributed by atoms with Gasteiger partial charge in [0.25, 0.3) is 0 Å². The Hall–Kier alpha value is -1.47. The first-order chi connectivity index (χ1) is 10.2. The van der Waals surface area contributed by atoms with Gasteiger partial charge in [0.15, 0.2) is 5.82 Å². The summed E-state index contributed by atoms with van der Waals surface area (Å²) >= 11 is 0. The number of morpholine rings is 1. The van der Waals surface area contributed by atoms with E-state index in [0.717, 1.165) is 58.2 Å². The molecule has 1 fully saturated rings. The second kappa shape index (κ2) is 8.74. The van der Waals surface area contributed by atoms with E-state index >= 15 is 0 Å². The van der Waals surface area contributed by atoms with Crippen LogP contribution in [0, 0.1) is 5.92 Å². The summed E-state index contributed by atoms with van der Waals surface area (Å²) in [6.07, 6.45) is 2.75. The van der Waals surface area contributed by atoms with E-state index in [0.29, 0.717) is 11.9 Å². The Morgan fingerprint density at radius 1 is 1.24 bits per heavy atom. The number of aromatic nitrogens is 3. The molecule has 118 valence electrons. The summed E-state index contributed by atoms with van der Waals surface area (Å²) in [5, 5.41) is 14.5. The fourth-order valence-corrected chi connectivity index (χ4v) is 2.10. The summed E-state index contributed by atoms with van der Waals surface area (Å²) < 4.78 is 5.33. The van der Waals surface area contributed by atoms with Crippen molar-refractivity contribution < 1.29 is 4.74 Å². The predicted molar refractivity (Wildman–Crippen MR) is 83.5 cm³/mol. The zero-order valence-corrected chi connectivity index (χ0v) is 13.0. The highest BCUT2D eigenvalue weighted by Gasteiger charge is 2.09. The van der Waals surface area contributed by atoms with E-state index in [2.05, 4.69) is 44.6 Å². The van der Waals surface area contributed by atoms with E-state index in [4.69, 9.17) is 4.74 Å². The van der Waals surface area contributed by atoms with Gasteiger partial charge < -0.3 is 15.4 Å². The fourth-order valence-electron chi connectivity index (χ4n) is 2.10. The molecular weight excluding hydrogens is 268 g/mol. The molecule has 0 amide bonds. The molecule has 1 aliphatic rings. The van der Waals surface area contributed by atoms with Crippen molar-refractivity contribution in [3.63, 3.8) is 0 Å². The molecular formula is C14H26N6O. The highest BCUT2D eigenvalue weighted by atomic mass is 16.5. The molecule has 1 aliphatic heterocycles. The van der Waals surface area contributed by atoms with Crippen LogP contribution >= 0.6 is 0 Å². The van der Waals surface area contributed by atoms with Crippen LogP contribution in [0.5, 0.6) is 0 Å². The first-order valence-corrected chi connectivity index (χ1v) is 7.71. The number of ether oxygens (including phenoxy) is 1. The maximum atomic E-state index is 5.33. The topological polar surface area (TPSA) is 75.2 Å². The minimum Gasteiger partial charge on any atom is -0.379 e. The Morgan fingerprint density at radius 2 is 2.05 bits per heavy atom. The second-order valence-corrected chi connectivity index (χ2v) is 5.66. The summed E-state index contributed by atoms with van der Waals surface area (Å²) in [5.41, 5.74) is 0. The van der Waals surface area contributed by atoms with E-state index in [1.54, 1.807) is 6.20 Å². The van der Waals surface area contributed by atoms with Gasteiger partial charge in [-0.15, -0.1) is 5.10 Å². The Balaban J connectivity index is 1.70. The molecule has 0 aliphatic carbocycles. The molecule has 0 radical (unpaired) electrons. The minimum atomic E-state index is 0.590. The lowest BCUT2D eigenvalue weighted by atomic mass is 10.1. The van der Waals surface area contributed by atoms with Gasteiger partial charge in [-0.1, -0.05) is 13.8 Å². The van der Waals surface area contributed by atoms with Crippen molar-refractivity contribution in [1.82, 2.24) is 20.1 Å². The molecule has 2 heterocycles. The first-order valence-electron chi connectivity index (χ1n) is 7.71. The van der Waals surface area contributed by atoms with Crippen LogP contribution in [-0.2, 0) is 4.74 Å². The third-order valence-electron chi connectivity index (χ3n) is 3.40. The summed E-state index contributed by atoms with van der Waals surface area (Å²) in [6.45, 7) is 10.8. The molecule has 7 nitrogen and oxygen atoms in total. The van der Waals surface area contributed by atoms with Gasteiger partial charge in [0.2, 0.25) is 5.95 Å². The van der Waals surface area contributed by atoms with Gasteiger partial charge in [-0.3, -0.25) is 4.90 Å². The van der Waals surface area contributed by atoms with Gasteiger partial charge in [0, 0.05) is 32.7 Å². The average molecular weight is 294 g/mol. The highest BCUT2D eigenvalue weighted by molar-refractivity contribution is 5.36. The third kappa shape index (κ3) is 6.22. The number of hydrogen-bond acceptors (Lipinski definition) is 7. The summed E-state index contributed by atoms with van der Waals surface area (Å²) in [4.78, 5) is 6.80. The summed E-state index contributed by atoms with van der Waals surface area (Å²) in [5.74, 6) is 2.03. The Labute approximate surface area is 126 Å². The van der Waals surface area contributed by atoms with Gasteiger partial charge in [0.05, 0.1) is 19.4 Å². The molecule has 0 atom stereocenters. The van der Waals surface area contributed by atoms with E-state index < -0.39 is 0 Å². The zero-order chi connectivity index (χ0) is 14.9. The van der Waals surface area contributed by atoms with Crippen molar-refractivity contribution in [2.75, 3.05) is 56.6 Å². The smallest absolute Gasteiger partial charge is 0.244 e. The van der Waals surface area contributed by atoms with Crippen LogP contribution in [0.2, 0.25) is 0 Å². The van der Waals surface area contributed by atoms with Gasteiger partial charge in [-0.05, 0) is 12.3 Å². The van der Waals surface area contributed by atoms with Crippen molar-refractivity contribution in [3.8, 4) is 0 Å². The lowest BCUT2D eigenvalue weighted by Crippen LogP contribution is -2.39. The molecule has 0 aromatic carbocycles. The Morgan fingerprint density at radius 3 is 2.81 bits per heavy atom. The number of rotatable bonds is 8. The number of anilines is 2. The van der Waals surface area contributed by atoms with E-state index in [9.17, 15) is 0 Å². The number of nitrogens with zero attached hydrogens (tertiary/aromatic N) is 4. The Bertz CT molecular complexity index is 408. The molecule has 2 N–H and O–H groups in total. The van der Waals surface area contributed by atoms with Crippen molar-refractivity contribution in [2.24, 2.45) is 5.92 Å². The van der Waals surface area contributed by atoms with Crippen molar-refractivity contribution >= 4 is 11.8 Å². The van der Waals surface area contributed by atoms with E-state index in [1.165, 1.54) is 0 Å². The van der Waals surface area contributed by atoms with E-state index in [1.807, 2.05) is 0 Å². The van der Waals surface area contributed by atoms with Crippen LogP contribution in [0.15, 0.2) is 6.20 Å². The molecule has 0 bridgehead atoms. The first kappa shape index (κ1) is 15.9. The standard InChI is InChI=1S/C14H26N6O/c1-12(2)3-4-16-14-18-13(11-17-19-14)15-5-6-20-7-9-21-10-8-20/h11-12H,3-10H2,1-2H3,(H2,15,16,18,19).